The summed E-state index contributed by atoms with van der Waals surface area (Å²) in [5.41, 5.74) is -0.787. The third kappa shape index (κ3) is 3.96. The first-order chi connectivity index (χ1) is 13.1. The Morgan fingerprint density at radius 1 is 1.32 bits per heavy atom. The van der Waals surface area contributed by atoms with Crippen LogP contribution in [0.3, 0.4) is 0 Å². The molecule has 0 aromatic carbocycles. The number of anilines is 2. The number of hydrogen-bond acceptors (Lipinski definition) is 7. The summed E-state index contributed by atoms with van der Waals surface area (Å²) >= 11 is 0. The van der Waals surface area contributed by atoms with Gasteiger partial charge in [-0.3, -0.25) is 0 Å². The van der Waals surface area contributed by atoms with Gasteiger partial charge in [-0.1, -0.05) is 19.9 Å². The van der Waals surface area contributed by atoms with Gasteiger partial charge in [0.15, 0.2) is 0 Å². The van der Waals surface area contributed by atoms with Gasteiger partial charge in [-0.05, 0) is 12.5 Å². The van der Waals surface area contributed by atoms with Gasteiger partial charge in [-0.25, -0.2) is 9.97 Å². The normalized spacial score (nSPS) is 21.0. The highest BCUT2D eigenvalue weighted by Crippen LogP contribution is 2.43. The lowest BCUT2D eigenvalue weighted by atomic mass is 9.64. The highest BCUT2D eigenvalue weighted by atomic mass is 19.4. The standard InChI is InChI=1S/C18H22F3N5O2/c1-17(2)12(7-13(17)27)25-14-11(18(19,20)21)9-24-16(26-14)23-8-10-5-4-6-22-15(10)28-3/h4-6,9,12-13,27H,7-8H2,1-3H3,(H2,23,24,25,26)/t12-,13+/m1/s1. The molecule has 1 aliphatic carbocycles. The summed E-state index contributed by atoms with van der Waals surface area (Å²) in [4.78, 5) is 11.9. The summed E-state index contributed by atoms with van der Waals surface area (Å²) in [5.74, 6) is 0.137. The van der Waals surface area contributed by atoms with Gasteiger partial charge in [0.2, 0.25) is 11.8 Å². The fourth-order valence-electron chi connectivity index (χ4n) is 3.01. The molecule has 3 rings (SSSR count). The molecule has 28 heavy (non-hydrogen) atoms. The van der Waals surface area contributed by atoms with E-state index in [0.717, 1.165) is 6.20 Å². The van der Waals surface area contributed by atoms with Crippen molar-refractivity contribution in [2.45, 2.75) is 45.1 Å². The zero-order valence-corrected chi connectivity index (χ0v) is 15.7. The molecule has 1 saturated carbocycles. The molecule has 1 aliphatic rings. The minimum absolute atomic E-state index is 0.0408. The molecule has 2 aromatic rings. The van der Waals surface area contributed by atoms with Crippen molar-refractivity contribution < 1.29 is 23.0 Å². The molecule has 0 spiro atoms. The Bertz CT molecular complexity index is 844. The van der Waals surface area contributed by atoms with Gasteiger partial charge in [0.05, 0.1) is 13.2 Å². The lowest BCUT2D eigenvalue weighted by Crippen LogP contribution is -2.57. The van der Waals surface area contributed by atoms with Crippen LogP contribution in [0.25, 0.3) is 0 Å². The minimum atomic E-state index is -4.60. The Morgan fingerprint density at radius 2 is 2.07 bits per heavy atom. The number of hydrogen-bond donors (Lipinski definition) is 3. The molecule has 0 unspecified atom stereocenters. The van der Waals surface area contributed by atoms with Crippen LogP contribution in [-0.2, 0) is 12.7 Å². The number of rotatable bonds is 6. The van der Waals surface area contributed by atoms with Crippen molar-refractivity contribution >= 4 is 11.8 Å². The predicted molar refractivity (Wildman–Crippen MR) is 97.0 cm³/mol. The molecular formula is C18H22F3N5O2. The van der Waals surface area contributed by atoms with Crippen LogP contribution in [0.1, 0.15) is 31.4 Å². The van der Waals surface area contributed by atoms with Gasteiger partial charge in [0.1, 0.15) is 11.4 Å². The second kappa shape index (κ2) is 7.42. The van der Waals surface area contributed by atoms with Gasteiger partial charge in [0.25, 0.3) is 0 Å². The van der Waals surface area contributed by atoms with Crippen LogP contribution in [0.15, 0.2) is 24.5 Å². The van der Waals surface area contributed by atoms with Crippen LogP contribution in [0.4, 0.5) is 24.9 Å². The quantitative estimate of drug-likeness (QED) is 0.690. The third-order valence-corrected chi connectivity index (χ3v) is 5.10. The second-order valence-corrected chi connectivity index (χ2v) is 7.25. The number of halogens is 3. The van der Waals surface area contributed by atoms with Crippen molar-refractivity contribution in [1.82, 2.24) is 15.0 Å². The summed E-state index contributed by atoms with van der Waals surface area (Å²) in [6.07, 6.45) is -2.49. The molecule has 1 fully saturated rings. The van der Waals surface area contributed by atoms with E-state index in [1.54, 1.807) is 32.2 Å². The average molecular weight is 397 g/mol. The maximum Gasteiger partial charge on any atom is 0.421 e. The van der Waals surface area contributed by atoms with Crippen molar-refractivity contribution in [3.8, 4) is 5.88 Å². The Morgan fingerprint density at radius 3 is 2.68 bits per heavy atom. The number of ether oxygens (including phenoxy) is 1. The van der Waals surface area contributed by atoms with Crippen LogP contribution in [0.5, 0.6) is 5.88 Å². The first-order valence-electron chi connectivity index (χ1n) is 8.73. The molecule has 0 saturated heterocycles. The van der Waals surface area contributed by atoms with Gasteiger partial charge < -0.3 is 20.5 Å². The number of methoxy groups -OCH3 is 1. The smallest absolute Gasteiger partial charge is 0.421 e. The van der Waals surface area contributed by atoms with Crippen LogP contribution in [0, 0.1) is 5.41 Å². The van der Waals surface area contributed by atoms with Gasteiger partial charge in [-0.15, -0.1) is 0 Å². The van der Waals surface area contributed by atoms with E-state index in [9.17, 15) is 18.3 Å². The Hall–Kier alpha value is -2.62. The van der Waals surface area contributed by atoms with E-state index in [4.69, 9.17) is 4.74 Å². The summed E-state index contributed by atoms with van der Waals surface area (Å²) in [7, 11) is 1.48. The van der Waals surface area contributed by atoms with Crippen molar-refractivity contribution in [3.63, 3.8) is 0 Å². The van der Waals surface area contributed by atoms with E-state index in [0.29, 0.717) is 17.9 Å². The monoisotopic (exact) mass is 397 g/mol. The molecule has 0 radical (unpaired) electrons. The molecular weight excluding hydrogens is 375 g/mol. The summed E-state index contributed by atoms with van der Waals surface area (Å²) < 4.78 is 45.2. The zero-order valence-electron chi connectivity index (χ0n) is 15.7. The lowest BCUT2D eigenvalue weighted by molar-refractivity contribution is -0.137. The zero-order chi connectivity index (χ0) is 20.5. The van der Waals surface area contributed by atoms with E-state index in [2.05, 4.69) is 25.6 Å². The van der Waals surface area contributed by atoms with Gasteiger partial charge in [0, 0.05) is 36.0 Å². The number of alkyl halides is 3. The van der Waals surface area contributed by atoms with Crippen LogP contribution >= 0.6 is 0 Å². The average Bonchev–Trinajstić information content (AvgIpc) is 2.65. The third-order valence-electron chi connectivity index (χ3n) is 5.10. The Kier molecular flexibility index (Phi) is 5.33. The topological polar surface area (TPSA) is 92.2 Å². The maximum absolute atomic E-state index is 13.4. The van der Waals surface area contributed by atoms with Crippen molar-refractivity contribution in [3.05, 3.63) is 35.7 Å². The predicted octanol–water partition coefficient (Wildman–Crippen LogP) is 3.08. The van der Waals surface area contributed by atoms with Crippen LogP contribution in [0.2, 0.25) is 0 Å². The minimum Gasteiger partial charge on any atom is -0.481 e. The Balaban J connectivity index is 1.81. The van der Waals surface area contributed by atoms with E-state index in [1.165, 1.54) is 7.11 Å². The Labute approximate surface area is 160 Å². The number of aliphatic hydroxyl groups is 1. The molecule has 10 heteroatoms. The first kappa shape index (κ1) is 20.1. The van der Waals surface area contributed by atoms with Crippen molar-refractivity contribution in [2.75, 3.05) is 17.7 Å². The fraction of sp³-hybridized carbons (Fsp3) is 0.500. The molecule has 2 heterocycles. The molecule has 0 aliphatic heterocycles. The van der Waals surface area contributed by atoms with Crippen molar-refractivity contribution in [2.24, 2.45) is 5.41 Å². The highest BCUT2D eigenvalue weighted by molar-refractivity contribution is 5.50. The summed E-state index contributed by atoms with van der Waals surface area (Å²) in [5, 5.41) is 15.6. The number of aliphatic hydroxyl groups excluding tert-OH is 1. The number of nitrogens with one attached hydrogen (secondary N) is 2. The number of pyridine rings is 1. The molecule has 2 aromatic heterocycles. The van der Waals surface area contributed by atoms with E-state index in [-0.39, 0.29) is 24.4 Å². The lowest BCUT2D eigenvalue weighted by Gasteiger charge is -2.49. The largest absolute Gasteiger partial charge is 0.481 e. The van der Waals surface area contributed by atoms with E-state index in [1.807, 2.05) is 0 Å². The highest BCUT2D eigenvalue weighted by Gasteiger charge is 2.48. The molecule has 2 atom stereocenters. The van der Waals surface area contributed by atoms with Crippen molar-refractivity contribution in [1.29, 1.82) is 0 Å². The van der Waals surface area contributed by atoms with Crippen LogP contribution < -0.4 is 15.4 Å². The van der Waals surface area contributed by atoms with Gasteiger partial charge >= 0.3 is 6.18 Å². The van der Waals surface area contributed by atoms with E-state index < -0.39 is 23.3 Å². The first-order valence-corrected chi connectivity index (χ1v) is 8.73. The molecule has 3 N–H and O–H groups in total. The number of aromatic nitrogens is 3. The molecule has 0 bridgehead atoms. The molecule has 152 valence electrons. The summed E-state index contributed by atoms with van der Waals surface area (Å²) in [6.45, 7) is 3.82. The van der Waals surface area contributed by atoms with Gasteiger partial charge in [-0.2, -0.15) is 18.2 Å². The summed E-state index contributed by atoms with van der Waals surface area (Å²) in [6, 6.07) is 3.18. The number of nitrogens with zero attached hydrogens (tertiary/aromatic N) is 3. The second-order valence-electron chi connectivity index (χ2n) is 7.25. The van der Waals surface area contributed by atoms with Crippen LogP contribution in [-0.4, -0.2) is 39.3 Å². The maximum atomic E-state index is 13.4. The van der Waals surface area contributed by atoms with E-state index >= 15 is 0 Å². The molecule has 0 amide bonds. The molecule has 7 nitrogen and oxygen atoms in total. The fourth-order valence-corrected chi connectivity index (χ4v) is 3.01. The SMILES string of the molecule is COc1ncccc1CNc1ncc(C(F)(F)F)c(N[C@@H]2C[C@H](O)C2(C)C)n1.